The quantitative estimate of drug-likeness (QED) is 0.890. The zero-order valence-corrected chi connectivity index (χ0v) is 11.3. The molecule has 19 heavy (non-hydrogen) atoms. The molecule has 0 aliphatic carbocycles. The Bertz CT molecular complexity index is 488. The summed E-state index contributed by atoms with van der Waals surface area (Å²) in [6.45, 7) is 5.39. The van der Waals surface area contributed by atoms with Crippen molar-refractivity contribution in [2.75, 3.05) is 13.1 Å². The van der Waals surface area contributed by atoms with E-state index < -0.39 is 23.6 Å². The largest absolute Gasteiger partial charge is 0.481 e. The summed E-state index contributed by atoms with van der Waals surface area (Å²) in [7, 11) is 0. The number of amides is 1. The van der Waals surface area contributed by atoms with E-state index >= 15 is 0 Å². The lowest BCUT2D eigenvalue weighted by Crippen LogP contribution is -2.37. The van der Waals surface area contributed by atoms with E-state index in [4.69, 9.17) is 5.11 Å². The van der Waals surface area contributed by atoms with Crippen LogP contribution in [0.25, 0.3) is 0 Å². The van der Waals surface area contributed by atoms with Crippen molar-refractivity contribution in [3.63, 3.8) is 0 Å². The molecular formula is C14H18FNO3. The van der Waals surface area contributed by atoms with Gasteiger partial charge < -0.3 is 10.0 Å². The minimum absolute atomic E-state index is 0.0231. The predicted molar refractivity (Wildman–Crippen MR) is 69.5 cm³/mol. The molecule has 1 unspecified atom stereocenters. The highest BCUT2D eigenvalue weighted by atomic mass is 19.1. The van der Waals surface area contributed by atoms with E-state index in [1.165, 1.54) is 24.0 Å². The monoisotopic (exact) mass is 267 g/mol. The molecule has 0 saturated carbocycles. The molecule has 1 aromatic carbocycles. The first-order valence-electron chi connectivity index (χ1n) is 6.15. The van der Waals surface area contributed by atoms with Crippen molar-refractivity contribution in [3.05, 3.63) is 35.1 Å². The lowest BCUT2D eigenvalue weighted by atomic mass is 10.1. The van der Waals surface area contributed by atoms with Gasteiger partial charge in [0.25, 0.3) is 5.91 Å². The number of benzene rings is 1. The zero-order valence-electron chi connectivity index (χ0n) is 11.3. The van der Waals surface area contributed by atoms with Gasteiger partial charge in [0.15, 0.2) is 0 Å². The third-order valence-electron chi connectivity index (χ3n) is 2.94. The van der Waals surface area contributed by atoms with Crippen molar-refractivity contribution in [3.8, 4) is 0 Å². The highest BCUT2D eigenvalue weighted by molar-refractivity contribution is 5.94. The average molecular weight is 267 g/mol. The van der Waals surface area contributed by atoms with Crippen LogP contribution < -0.4 is 0 Å². The molecular weight excluding hydrogens is 249 g/mol. The van der Waals surface area contributed by atoms with Crippen molar-refractivity contribution in [1.82, 2.24) is 4.90 Å². The molecule has 0 fully saturated rings. The van der Waals surface area contributed by atoms with Gasteiger partial charge in [-0.15, -0.1) is 0 Å². The van der Waals surface area contributed by atoms with Crippen molar-refractivity contribution < 1.29 is 19.1 Å². The Hall–Kier alpha value is -1.91. The fraction of sp³-hybridized carbons (Fsp3) is 0.429. The Morgan fingerprint density at radius 1 is 1.42 bits per heavy atom. The number of halogens is 1. The van der Waals surface area contributed by atoms with E-state index in [0.29, 0.717) is 6.54 Å². The average Bonchev–Trinajstić information content (AvgIpc) is 2.34. The first-order chi connectivity index (χ1) is 8.86. The highest BCUT2D eigenvalue weighted by Gasteiger charge is 2.22. The Morgan fingerprint density at radius 3 is 2.53 bits per heavy atom. The second-order valence-electron chi connectivity index (χ2n) is 4.57. The second-order valence-corrected chi connectivity index (χ2v) is 4.57. The van der Waals surface area contributed by atoms with Gasteiger partial charge in [-0.3, -0.25) is 9.59 Å². The molecule has 0 radical (unpaired) electrons. The van der Waals surface area contributed by atoms with Gasteiger partial charge in [-0.2, -0.15) is 0 Å². The lowest BCUT2D eigenvalue weighted by Gasteiger charge is -2.23. The van der Waals surface area contributed by atoms with Crippen LogP contribution in [-0.2, 0) is 4.79 Å². The first-order valence-corrected chi connectivity index (χ1v) is 6.15. The topological polar surface area (TPSA) is 57.6 Å². The van der Waals surface area contributed by atoms with Gasteiger partial charge in [-0.25, -0.2) is 4.39 Å². The molecule has 0 aromatic heterocycles. The summed E-state index contributed by atoms with van der Waals surface area (Å²) in [5.41, 5.74) is 0.709. The molecule has 0 aliphatic rings. The number of carboxylic acid groups (broad SMARTS) is 1. The van der Waals surface area contributed by atoms with E-state index in [1.54, 1.807) is 19.9 Å². The minimum atomic E-state index is -0.976. The van der Waals surface area contributed by atoms with E-state index in [2.05, 4.69) is 0 Å². The summed E-state index contributed by atoms with van der Waals surface area (Å²) in [6.07, 6.45) is 0. The molecule has 0 aliphatic heterocycles. The Morgan fingerprint density at radius 2 is 2.05 bits per heavy atom. The maximum Gasteiger partial charge on any atom is 0.308 e. The number of hydrogen-bond donors (Lipinski definition) is 1. The molecule has 1 N–H and O–H groups in total. The van der Waals surface area contributed by atoms with Gasteiger partial charge in [-0.1, -0.05) is 13.0 Å². The fourth-order valence-electron chi connectivity index (χ4n) is 1.73. The summed E-state index contributed by atoms with van der Waals surface area (Å²) in [5, 5.41) is 8.86. The predicted octanol–water partition coefficient (Wildman–Crippen LogP) is 2.32. The van der Waals surface area contributed by atoms with Gasteiger partial charge in [0.1, 0.15) is 5.82 Å². The third-order valence-corrected chi connectivity index (χ3v) is 2.94. The van der Waals surface area contributed by atoms with Crippen molar-refractivity contribution >= 4 is 11.9 Å². The van der Waals surface area contributed by atoms with E-state index in [9.17, 15) is 14.0 Å². The molecule has 1 aromatic rings. The summed E-state index contributed by atoms with van der Waals surface area (Å²) in [5.74, 6) is -2.72. The summed E-state index contributed by atoms with van der Waals surface area (Å²) >= 11 is 0. The van der Waals surface area contributed by atoms with Crippen LogP contribution in [0.15, 0.2) is 18.2 Å². The maximum atomic E-state index is 13.7. The van der Waals surface area contributed by atoms with Crippen LogP contribution in [0.2, 0.25) is 0 Å². The molecule has 0 saturated heterocycles. The number of hydrogen-bond acceptors (Lipinski definition) is 2. The molecule has 1 amide bonds. The molecule has 1 atom stereocenters. The number of aryl methyl sites for hydroxylation is 1. The molecule has 4 nitrogen and oxygen atoms in total. The fourth-order valence-corrected chi connectivity index (χ4v) is 1.73. The smallest absolute Gasteiger partial charge is 0.308 e. The van der Waals surface area contributed by atoms with Crippen LogP contribution in [0.1, 0.15) is 29.8 Å². The molecule has 0 heterocycles. The van der Waals surface area contributed by atoms with E-state index in [1.807, 2.05) is 0 Å². The zero-order chi connectivity index (χ0) is 14.6. The van der Waals surface area contributed by atoms with Gasteiger partial charge >= 0.3 is 5.97 Å². The maximum absolute atomic E-state index is 13.7. The highest BCUT2D eigenvalue weighted by Crippen LogP contribution is 2.13. The van der Waals surface area contributed by atoms with Gasteiger partial charge in [0, 0.05) is 13.1 Å². The third kappa shape index (κ3) is 3.77. The Balaban J connectivity index is 2.92. The first kappa shape index (κ1) is 15.1. The van der Waals surface area contributed by atoms with Crippen LogP contribution in [0, 0.1) is 18.7 Å². The van der Waals surface area contributed by atoms with Gasteiger partial charge in [0.05, 0.1) is 11.5 Å². The summed E-state index contributed by atoms with van der Waals surface area (Å²) in [4.78, 5) is 24.3. The SMILES string of the molecule is CCN(CC(C)C(=O)O)C(=O)c1ccc(C)cc1F. The van der Waals surface area contributed by atoms with Gasteiger partial charge in [-0.05, 0) is 31.5 Å². The number of carbonyl (C=O) groups excluding carboxylic acids is 1. The van der Waals surface area contributed by atoms with Crippen LogP contribution >= 0.6 is 0 Å². The number of aliphatic carboxylic acids is 1. The van der Waals surface area contributed by atoms with Crippen LogP contribution in [0.4, 0.5) is 4.39 Å². The van der Waals surface area contributed by atoms with Crippen LogP contribution in [-0.4, -0.2) is 35.0 Å². The number of carbonyl (C=O) groups is 2. The molecule has 0 bridgehead atoms. The molecule has 0 spiro atoms. The van der Waals surface area contributed by atoms with Gasteiger partial charge in [0.2, 0.25) is 0 Å². The molecule has 1 rings (SSSR count). The summed E-state index contributed by atoms with van der Waals surface area (Å²) in [6, 6.07) is 4.38. The number of rotatable bonds is 5. The van der Waals surface area contributed by atoms with Crippen molar-refractivity contribution in [2.24, 2.45) is 5.92 Å². The molecule has 5 heteroatoms. The number of nitrogens with zero attached hydrogens (tertiary/aromatic N) is 1. The molecule has 104 valence electrons. The summed E-state index contributed by atoms with van der Waals surface area (Å²) < 4.78 is 13.7. The van der Waals surface area contributed by atoms with Crippen molar-refractivity contribution in [2.45, 2.75) is 20.8 Å². The standard InChI is InChI=1S/C14H18FNO3/c1-4-16(8-10(3)14(18)19)13(17)11-6-5-9(2)7-12(11)15/h5-7,10H,4,8H2,1-3H3,(H,18,19). The minimum Gasteiger partial charge on any atom is -0.481 e. The van der Waals surface area contributed by atoms with E-state index in [0.717, 1.165) is 5.56 Å². The van der Waals surface area contributed by atoms with E-state index in [-0.39, 0.29) is 12.1 Å². The Kier molecular flexibility index (Phi) is 5.03. The second kappa shape index (κ2) is 6.31. The number of carboxylic acids is 1. The van der Waals surface area contributed by atoms with Crippen LogP contribution in [0.5, 0.6) is 0 Å². The Labute approximate surface area is 111 Å². The lowest BCUT2D eigenvalue weighted by molar-refractivity contribution is -0.141. The normalized spacial score (nSPS) is 12.0. The van der Waals surface area contributed by atoms with Crippen molar-refractivity contribution in [1.29, 1.82) is 0 Å². The van der Waals surface area contributed by atoms with Crippen LogP contribution in [0.3, 0.4) is 0 Å².